The number of carbonyl (C=O) groups excluding carboxylic acids is 2. The van der Waals surface area contributed by atoms with Gasteiger partial charge in [0, 0.05) is 42.8 Å². The average Bonchev–Trinajstić information content (AvgIpc) is 3.68. The molecule has 0 spiro atoms. The minimum atomic E-state index is -0.483. The Labute approximate surface area is 205 Å². The molecule has 0 fully saturated rings. The Kier molecular flexibility index (Phi) is 6.07. The summed E-state index contributed by atoms with van der Waals surface area (Å²) in [5, 5.41) is 18.7. The number of rotatable bonds is 8. The molecule has 0 aliphatic heterocycles. The van der Waals surface area contributed by atoms with Gasteiger partial charge in [-0.1, -0.05) is 0 Å². The van der Waals surface area contributed by atoms with Gasteiger partial charge in [0.25, 0.3) is 11.8 Å². The second kappa shape index (κ2) is 9.49. The molecule has 5 aromatic rings. The van der Waals surface area contributed by atoms with Crippen LogP contribution in [0.3, 0.4) is 0 Å². The Bertz CT molecular complexity index is 1540. The molecule has 36 heavy (non-hydrogen) atoms. The van der Waals surface area contributed by atoms with Crippen LogP contribution in [0.1, 0.15) is 46.3 Å². The molecule has 0 radical (unpaired) electrons. The monoisotopic (exact) mass is 487 g/mol. The Balaban J connectivity index is 1.41. The van der Waals surface area contributed by atoms with Gasteiger partial charge in [0.15, 0.2) is 17.0 Å². The van der Waals surface area contributed by atoms with E-state index in [9.17, 15) is 9.59 Å². The Morgan fingerprint density at radius 2 is 1.97 bits per heavy atom. The SMILES string of the molecule is CCn1cc(NC(=O)c2cc3nccc(-c4cnn(CC)c4C)n3n2)c(C(=O)NCc2ccco2)n1. The molecule has 12 nitrogen and oxygen atoms in total. The molecule has 0 saturated carbocycles. The second-order valence-electron chi connectivity index (χ2n) is 8.05. The molecule has 0 saturated heterocycles. The molecule has 0 aliphatic rings. The zero-order valence-corrected chi connectivity index (χ0v) is 20.1. The molecule has 5 aromatic heterocycles. The normalized spacial score (nSPS) is 11.2. The topological polar surface area (TPSA) is 137 Å². The van der Waals surface area contributed by atoms with Crippen molar-refractivity contribution >= 4 is 23.1 Å². The van der Waals surface area contributed by atoms with E-state index in [1.807, 2.05) is 31.5 Å². The summed E-state index contributed by atoms with van der Waals surface area (Å²) in [6.45, 7) is 7.37. The summed E-state index contributed by atoms with van der Waals surface area (Å²) in [6, 6.07) is 6.93. The number of nitrogens with zero attached hydrogens (tertiary/aromatic N) is 7. The molecule has 0 unspecified atom stereocenters. The predicted molar refractivity (Wildman–Crippen MR) is 130 cm³/mol. The molecule has 0 bridgehead atoms. The van der Waals surface area contributed by atoms with Crippen LogP contribution in [0.25, 0.3) is 16.9 Å². The van der Waals surface area contributed by atoms with E-state index in [-0.39, 0.29) is 23.6 Å². The first-order chi connectivity index (χ1) is 17.5. The molecule has 184 valence electrons. The number of carbonyl (C=O) groups is 2. The zero-order chi connectivity index (χ0) is 25.2. The van der Waals surface area contributed by atoms with Gasteiger partial charge in [-0.15, -0.1) is 0 Å². The van der Waals surface area contributed by atoms with Crippen LogP contribution in [0, 0.1) is 6.92 Å². The molecule has 5 rings (SSSR count). The van der Waals surface area contributed by atoms with Crippen molar-refractivity contribution in [2.24, 2.45) is 0 Å². The molecule has 0 atom stereocenters. The summed E-state index contributed by atoms with van der Waals surface area (Å²) in [7, 11) is 0. The zero-order valence-electron chi connectivity index (χ0n) is 20.1. The fourth-order valence-electron chi connectivity index (χ4n) is 3.92. The lowest BCUT2D eigenvalue weighted by Crippen LogP contribution is -2.25. The van der Waals surface area contributed by atoms with Crippen molar-refractivity contribution in [1.82, 2.24) is 39.5 Å². The highest BCUT2D eigenvalue weighted by atomic mass is 16.3. The molecule has 2 N–H and O–H groups in total. The minimum Gasteiger partial charge on any atom is -0.467 e. The van der Waals surface area contributed by atoms with Crippen molar-refractivity contribution in [3.63, 3.8) is 0 Å². The van der Waals surface area contributed by atoms with Gasteiger partial charge in [0.05, 0.1) is 30.4 Å². The molecular weight excluding hydrogens is 462 g/mol. The van der Waals surface area contributed by atoms with Crippen molar-refractivity contribution < 1.29 is 14.0 Å². The number of aromatic nitrogens is 7. The van der Waals surface area contributed by atoms with Crippen LogP contribution >= 0.6 is 0 Å². The van der Waals surface area contributed by atoms with Crippen LogP contribution < -0.4 is 10.6 Å². The Hall–Kier alpha value is -4.74. The van der Waals surface area contributed by atoms with Crippen LogP contribution in [-0.4, -0.2) is 46.0 Å². The third-order valence-corrected chi connectivity index (χ3v) is 5.82. The number of nitrogens with one attached hydrogen (secondary N) is 2. The van der Waals surface area contributed by atoms with E-state index in [0.29, 0.717) is 18.0 Å². The third-order valence-electron chi connectivity index (χ3n) is 5.82. The number of hydrogen-bond acceptors (Lipinski definition) is 7. The first-order valence-corrected chi connectivity index (χ1v) is 11.6. The molecule has 2 amide bonds. The van der Waals surface area contributed by atoms with Crippen LogP contribution in [0.4, 0.5) is 5.69 Å². The van der Waals surface area contributed by atoms with Gasteiger partial charge in [-0.2, -0.15) is 15.3 Å². The van der Waals surface area contributed by atoms with E-state index >= 15 is 0 Å². The molecular formula is C24H25N9O3. The minimum absolute atomic E-state index is 0.0990. The van der Waals surface area contributed by atoms with Crippen LogP contribution in [0.15, 0.2) is 53.5 Å². The van der Waals surface area contributed by atoms with E-state index in [4.69, 9.17) is 4.42 Å². The quantitative estimate of drug-likeness (QED) is 0.343. The lowest BCUT2D eigenvalue weighted by molar-refractivity contribution is 0.0943. The highest BCUT2D eigenvalue weighted by Crippen LogP contribution is 2.24. The summed E-state index contributed by atoms with van der Waals surface area (Å²) in [5.41, 5.74) is 3.71. The maximum Gasteiger partial charge on any atom is 0.276 e. The molecule has 12 heteroatoms. The van der Waals surface area contributed by atoms with E-state index in [1.165, 1.54) is 6.26 Å². The van der Waals surface area contributed by atoms with Crippen molar-refractivity contribution in [3.8, 4) is 11.3 Å². The van der Waals surface area contributed by atoms with Crippen molar-refractivity contribution in [2.45, 2.75) is 40.4 Å². The number of hydrogen-bond donors (Lipinski definition) is 2. The van der Waals surface area contributed by atoms with E-state index in [0.717, 1.165) is 23.5 Å². The first kappa shape index (κ1) is 23.0. The van der Waals surface area contributed by atoms with Crippen molar-refractivity contribution in [2.75, 3.05) is 5.32 Å². The van der Waals surface area contributed by atoms with E-state index < -0.39 is 11.8 Å². The third kappa shape index (κ3) is 4.24. The average molecular weight is 488 g/mol. The van der Waals surface area contributed by atoms with Gasteiger partial charge >= 0.3 is 0 Å². The molecule has 0 aliphatic carbocycles. The lowest BCUT2D eigenvalue weighted by atomic mass is 10.2. The summed E-state index contributed by atoms with van der Waals surface area (Å²) in [4.78, 5) is 30.3. The predicted octanol–water partition coefficient (Wildman–Crippen LogP) is 2.91. The maximum absolute atomic E-state index is 13.2. The van der Waals surface area contributed by atoms with Gasteiger partial charge in [-0.25, -0.2) is 9.50 Å². The number of fused-ring (bicyclic) bond motifs is 1. The maximum atomic E-state index is 13.2. The number of anilines is 1. The van der Waals surface area contributed by atoms with Gasteiger partial charge in [0.2, 0.25) is 0 Å². The van der Waals surface area contributed by atoms with Crippen molar-refractivity contribution in [3.05, 3.63) is 72.0 Å². The summed E-state index contributed by atoms with van der Waals surface area (Å²) >= 11 is 0. The molecule has 5 heterocycles. The fourth-order valence-corrected chi connectivity index (χ4v) is 3.92. The standard InChI is InChI=1S/C24H25N9O3/c1-4-31-14-19(22(30-31)24(35)26-12-16-7-6-10-36-16)28-23(34)18-11-21-25-9-8-20(33(21)29-18)17-13-27-32(5-2)15(17)3/h6-11,13-14H,4-5,12H2,1-3H3,(H,26,35)(H,28,34). The summed E-state index contributed by atoms with van der Waals surface area (Å²) < 4.78 is 10.3. The van der Waals surface area contributed by atoms with Crippen LogP contribution in [-0.2, 0) is 19.6 Å². The van der Waals surface area contributed by atoms with Gasteiger partial charge < -0.3 is 15.1 Å². The van der Waals surface area contributed by atoms with Gasteiger partial charge in [-0.05, 0) is 39.0 Å². The molecule has 0 aromatic carbocycles. The first-order valence-electron chi connectivity index (χ1n) is 11.6. The van der Waals surface area contributed by atoms with Gasteiger partial charge in [-0.3, -0.25) is 19.0 Å². The summed E-state index contributed by atoms with van der Waals surface area (Å²) in [5.74, 6) is -0.309. The number of amides is 2. The van der Waals surface area contributed by atoms with Crippen LogP contribution in [0.5, 0.6) is 0 Å². The Morgan fingerprint density at radius 3 is 2.69 bits per heavy atom. The fraction of sp³-hybridized carbons (Fsp3) is 0.250. The highest BCUT2D eigenvalue weighted by Gasteiger charge is 2.22. The Morgan fingerprint density at radius 1 is 1.11 bits per heavy atom. The largest absolute Gasteiger partial charge is 0.467 e. The van der Waals surface area contributed by atoms with Crippen LogP contribution in [0.2, 0.25) is 0 Å². The summed E-state index contributed by atoms with van der Waals surface area (Å²) in [6.07, 6.45) is 6.60. The number of furan rings is 1. The smallest absolute Gasteiger partial charge is 0.276 e. The number of aryl methyl sites for hydroxylation is 2. The lowest BCUT2D eigenvalue weighted by Gasteiger charge is -2.05. The van der Waals surface area contributed by atoms with E-state index in [1.54, 1.807) is 46.0 Å². The van der Waals surface area contributed by atoms with Crippen molar-refractivity contribution in [1.29, 1.82) is 0 Å². The van der Waals surface area contributed by atoms with Gasteiger partial charge in [0.1, 0.15) is 5.76 Å². The second-order valence-corrected chi connectivity index (χ2v) is 8.05. The van der Waals surface area contributed by atoms with E-state index in [2.05, 4.69) is 30.9 Å². The highest BCUT2D eigenvalue weighted by molar-refractivity contribution is 6.07.